The predicted molar refractivity (Wildman–Crippen MR) is 83.0 cm³/mol. The van der Waals surface area contributed by atoms with E-state index >= 15 is 0 Å². The highest BCUT2D eigenvalue weighted by molar-refractivity contribution is 5.49. The number of nitrogens with zero attached hydrogens (tertiary/aromatic N) is 3. The molecule has 0 spiro atoms. The lowest BCUT2D eigenvalue weighted by Crippen LogP contribution is -2.47. The fourth-order valence-corrected chi connectivity index (χ4v) is 2.91. The Kier molecular flexibility index (Phi) is 4.14. The molecule has 2 aromatic rings. The molecule has 7 heteroatoms. The quantitative estimate of drug-likeness (QED) is 0.887. The summed E-state index contributed by atoms with van der Waals surface area (Å²) in [5, 5.41) is 10.4. The maximum absolute atomic E-state index is 13.0. The summed E-state index contributed by atoms with van der Waals surface area (Å²) in [6.07, 6.45) is 1.65. The molecular formula is C16H21F2N5. The highest BCUT2D eigenvalue weighted by Gasteiger charge is 2.47. The highest BCUT2D eigenvalue weighted by Crippen LogP contribution is 2.44. The van der Waals surface area contributed by atoms with E-state index < -0.39 is 5.92 Å². The van der Waals surface area contributed by atoms with Crippen LogP contribution in [0.25, 0.3) is 11.5 Å². The molecular weight excluding hydrogens is 300 g/mol. The molecule has 0 radical (unpaired) electrons. The van der Waals surface area contributed by atoms with E-state index in [-0.39, 0.29) is 30.8 Å². The zero-order valence-electron chi connectivity index (χ0n) is 13.5. The summed E-state index contributed by atoms with van der Waals surface area (Å²) in [7, 11) is 0. The van der Waals surface area contributed by atoms with E-state index in [4.69, 9.17) is 0 Å². The molecule has 2 N–H and O–H groups in total. The van der Waals surface area contributed by atoms with Crippen LogP contribution in [0.15, 0.2) is 18.3 Å². The van der Waals surface area contributed by atoms with Crippen molar-refractivity contribution in [2.24, 2.45) is 5.92 Å². The van der Waals surface area contributed by atoms with Crippen molar-refractivity contribution in [1.29, 1.82) is 0 Å². The number of alkyl halides is 2. The summed E-state index contributed by atoms with van der Waals surface area (Å²) < 4.78 is 25.9. The van der Waals surface area contributed by atoms with Crippen LogP contribution in [0.5, 0.6) is 0 Å². The van der Waals surface area contributed by atoms with Crippen LogP contribution in [0, 0.1) is 12.8 Å². The van der Waals surface area contributed by atoms with Gasteiger partial charge in [0.25, 0.3) is 0 Å². The van der Waals surface area contributed by atoms with Crippen molar-refractivity contribution in [2.45, 2.75) is 51.6 Å². The van der Waals surface area contributed by atoms with Crippen LogP contribution in [0.2, 0.25) is 0 Å². The molecule has 1 aliphatic rings. The molecule has 2 atom stereocenters. The largest absolute Gasteiger partial charge is 0.305 e. The third-order valence-corrected chi connectivity index (χ3v) is 4.40. The first-order chi connectivity index (χ1) is 10.8. The SMILES string of the molecule is Cc1ccnc(-c2n[nH]c(C(C)NC(C)C3CC(F)(F)C3)n2)c1. The Bertz CT molecular complexity index is 677. The third-order valence-electron chi connectivity index (χ3n) is 4.40. The summed E-state index contributed by atoms with van der Waals surface area (Å²) in [4.78, 5) is 8.73. The van der Waals surface area contributed by atoms with E-state index in [1.807, 2.05) is 32.9 Å². The van der Waals surface area contributed by atoms with Gasteiger partial charge in [0.15, 0.2) is 5.82 Å². The Morgan fingerprint density at radius 2 is 2.09 bits per heavy atom. The van der Waals surface area contributed by atoms with Gasteiger partial charge >= 0.3 is 0 Å². The zero-order chi connectivity index (χ0) is 16.6. The molecule has 23 heavy (non-hydrogen) atoms. The van der Waals surface area contributed by atoms with Crippen molar-refractivity contribution in [3.05, 3.63) is 29.7 Å². The lowest BCUT2D eigenvalue weighted by molar-refractivity contribution is -0.118. The molecule has 1 fully saturated rings. The monoisotopic (exact) mass is 321 g/mol. The van der Waals surface area contributed by atoms with Crippen molar-refractivity contribution in [2.75, 3.05) is 0 Å². The first-order valence-corrected chi connectivity index (χ1v) is 7.83. The number of pyridine rings is 1. The van der Waals surface area contributed by atoms with Gasteiger partial charge in [-0.05, 0) is 44.4 Å². The minimum atomic E-state index is -2.49. The molecule has 0 amide bonds. The third kappa shape index (κ3) is 3.55. The number of rotatable bonds is 5. The van der Waals surface area contributed by atoms with Gasteiger partial charge in [0.2, 0.25) is 5.92 Å². The molecule has 1 saturated carbocycles. The van der Waals surface area contributed by atoms with Crippen molar-refractivity contribution in [3.63, 3.8) is 0 Å². The lowest BCUT2D eigenvalue weighted by Gasteiger charge is -2.39. The average molecular weight is 321 g/mol. The van der Waals surface area contributed by atoms with Crippen molar-refractivity contribution < 1.29 is 8.78 Å². The second-order valence-electron chi connectivity index (χ2n) is 6.46. The summed E-state index contributed by atoms with van der Waals surface area (Å²) in [5.41, 5.74) is 1.80. The van der Waals surface area contributed by atoms with Crippen LogP contribution in [-0.2, 0) is 0 Å². The Balaban J connectivity index is 1.63. The van der Waals surface area contributed by atoms with Crippen molar-refractivity contribution in [1.82, 2.24) is 25.5 Å². The second-order valence-corrected chi connectivity index (χ2v) is 6.46. The van der Waals surface area contributed by atoms with Crippen molar-refractivity contribution >= 4 is 0 Å². The minimum Gasteiger partial charge on any atom is -0.305 e. The summed E-state index contributed by atoms with van der Waals surface area (Å²) in [5.74, 6) is -1.25. The summed E-state index contributed by atoms with van der Waals surface area (Å²) in [6.45, 7) is 5.87. The number of hydrogen-bond donors (Lipinski definition) is 2. The Labute approximate surface area is 133 Å². The second kappa shape index (κ2) is 5.96. The predicted octanol–water partition coefficient (Wildman–Crippen LogP) is 3.26. The molecule has 0 saturated heterocycles. The number of hydrogen-bond acceptors (Lipinski definition) is 4. The topological polar surface area (TPSA) is 66.5 Å². The van der Waals surface area contributed by atoms with Gasteiger partial charge in [-0.3, -0.25) is 10.1 Å². The standard InChI is InChI=1S/C16H21F2N5/c1-9-4-5-19-13(6-9)15-21-14(22-23-15)11(3)20-10(2)12-7-16(17,18)8-12/h4-6,10-12,20H,7-8H2,1-3H3,(H,21,22,23). The molecule has 2 aromatic heterocycles. The molecule has 5 nitrogen and oxygen atoms in total. The summed E-state index contributed by atoms with van der Waals surface area (Å²) in [6, 6.07) is 3.75. The fraction of sp³-hybridized carbons (Fsp3) is 0.562. The van der Waals surface area contributed by atoms with Gasteiger partial charge in [-0.2, -0.15) is 5.10 Å². The maximum Gasteiger partial charge on any atom is 0.248 e. The smallest absolute Gasteiger partial charge is 0.248 e. The zero-order valence-corrected chi connectivity index (χ0v) is 13.5. The molecule has 3 rings (SSSR count). The van der Waals surface area contributed by atoms with Crippen LogP contribution < -0.4 is 5.32 Å². The van der Waals surface area contributed by atoms with E-state index in [2.05, 4.69) is 25.5 Å². The molecule has 2 unspecified atom stereocenters. The van der Waals surface area contributed by atoms with E-state index in [9.17, 15) is 8.78 Å². The Morgan fingerprint density at radius 1 is 1.35 bits per heavy atom. The molecule has 0 bridgehead atoms. The first kappa shape index (κ1) is 16.0. The highest BCUT2D eigenvalue weighted by atomic mass is 19.3. The van der Waals surface area contributed by atoms with Gasteiger partial charge < -0.3 is 5.32 Å². The molecule has 0 aliphatic heterocycles. The van der Waals surface area contributed by atoms with Gasteiger partial charge in [-0.1, -0.05) is 0 Å². The normalized spacial score (nSPS) is 20.0. The number of H-pyrrole nitrogens is 1. The number of nitrogens with one attached hydrogen (secondary N) is 2. The Hall–Kier alpha value is -1.89. The maximum atomic E-state index is 13.0. The van der Waals surface area contributed by atoms with Crippen LogP contribution >= 0.6 is 0 Å². The van der Waals surface area contributed by atoms with E-state index in [0.717, 1.165) is 5.56 Å². The van der Waals surface area contributed by atoms with Crippen LogP contribution in [0.1, 0.15) is 44.1 Å². The van der Waals surface area contributed by atoms with Gasteiger partial charge in [0.1, 0.15) is 11.5 Å². The molecule has 0 aromatic carbocycles. The molecule has 124 valence electrons. The van der Waals surface area contributed by atoms with E-state index in [1.54, 1.807) is 6.20 Å². The summed E-state index contributed by atoms with van der Waals surface area (Å²) >= 11 is 0. The average Bonchev–Trinajstić information content (AvgIpc) is 2.94. The lowest BCUT2D eigenvalue weighted by atomic mass is 9.77. The number of aromatic amines is 1. The first-order valence-electron chi connectivity index (χ1n) is 7.83. The van der Waals surface area contributed by atoms with Gasteiger partial charge in [0, 0.05) is 25.1 Å². The van der Waals surface area contributed by atoms with Crippen LogP contribution in [0.3, 0.4) is 0 Å². The van der Waals surface area contributed by atoms with Gasteiger partial charge in [-0.15, -0.1) is 0 Å². The van der Waals surface area contributed by atoms with Gasteiger partial charge in [-0.25, -0.2) is 13.8 Å². The number of aromatic nitrogens is 4. The van der Waals surface area contributed by atoms with Crippen molar-refractivity contribution in [3.8, 4) is 11.5 Å². The Morgan fingerprint density at radius 3 is 2.74 bits per heavy atom. The minimum absolute atomic E-state index is 0.00767. The van der Waals surface area contributed by atoms with E-state index in [1.165, 1.54) is 0 Å². The molecule has 2 heterocycles. The van der Waals surface area contributed by atoms with Crippen LogP contribution in [0.4, 0.5) is 8.78 Å². The fourth-order valence-electron chi connectivity index (χ4n) is 2.91. The number of halogens is 2. The molecule has 1 aliphatic carbocycles. The van der Waals surface area contributed by atoms with E-state index in [0.29, 0.717) is 17.3 Å². The van der Waals surface area contributed by atoms with Crippen LogP contribution in [-0.4, -0.2) is 32.1 Å². The number of aryl methyl sites for hydroxylation is 1. The van der Waals surface area contributed by atoms with Gasteiger partial charge in [0.05, 0.1) is 6.04 Å².